The molecule has 0 amide bonds. The third-order valence-corrected chi connectivity index (χ3v) is 9.26. The Morgan fingerprint density at radius 1 is 1.04 bits per heavy atom. The lowest BCUT2D eigenvalue weighted by Gasteiger charge is -2.32. The first-order valence-corrected chi connectivity index (χ1v) is 11.9. The molecule has 0 aromatic heterocycles. The first kappa shape index (κ1) is 21.0. The summed E-state index contributed by atoms with van der Waals surface area (Å²) in [4.78, 5) is 0. The smallest absolute Gasteiger partial charge is 0.377 e. The Morgan fingerprint density at radius 2 is 1.74 bits per heavy atom. The zero-order chi connectivity index (χ0) is 19.3. The molecule has 3 rings (SSSR count). The first-order valence-electron chi connectivity index (χ1n) is 9.95. The van der Waals surface area contributed by atoms with E-state index in [1.165, 1.54) is 18.4 Å². The molecule has 0 aliphatic heterocycles. The standard InChI is InChI=1S/C21H34O5Si/c1-21(12-13-25-15-17-8-6-5-7-9-17)18-10-11-19(21)20(14-18)26-16-27(22-2,23-3)24-4/h5-9,18-20H,10-16H2,1-4H3. The maximum atomic E-state index is 6.29. The van der Waals surface area contributed by atoms with E-state index in [-0.39, 0.29) is 6.10 Å². The van der Waals surface area contributed by atoms with E-state index < -0.39 is 8.80 Å². The Labute approximate surface area is 164 Å². The second-order valence-electron chi connectivity index (χ2n) is 8.06. The highest BCUT2D eigenvalue weighted by Crippen LogP contribution is 2.60. The molecule has 4 unspecified atom stereocenters. The van der Waals surface area contributed by atoms with Gasteiger partial charge in [-0.25, -0.2) is 0 Å². The summed E-state index contributed by atoms with van der Waals surface area (Å²) in [5.74, 6) is 1.30. The van der Waals surface area contributed by atoms with Crippen LogP contribution in [0.5, 0.6) is 0 Å². The van der Waals surface area contributed by atoms with Crippen molar-refractivity contribution >= 4 is 8.80 Å². The molecular weight excluding hydrogens is 360 g/mol. The number of ether oxygens (including phenoxy) is 2. The molecule has 2 fully saturated rings. The summed E-state index contributed by atoms with van der Waals surface area (Å²) < 4.78 is 28.8. The molecule has 1 aromatic rings. The van der Waals surface area contributed by atoms with E-state index in [1.54, 1.807) is 21.3 Å². The fourth-order valence-electron chi connectivity index (χ4n) is 5.05. The minimum Gasteiger partial charge on any atom is -0.377 e. The molecule has 0 radical (unpaired) electrons. The van der Waals surface area contributed by atoms with E-state index in [2.05, 4.69) is 31.2 Å². The third kappa shape index (κ3) is 4.47. The molecule has 0 heterocycles. The van der Waals surface area contributed by atoms with E-state index in [4.69, 9.17) is 22.8 Å². The van der Waals surface area contributed by atoms with Gasteiger partial charge in [-0.3, -0.25) is 0 Å². The summed E-state index contributed by atoms with van der Waals surface area (Å²) in [6.07, 6.45) is 5.46. The van der Waals surface area contributed by atoms with Gasteiger partial charge < -0.3 is 22.8 Å². The van der Waals surface area contributed by atoms with Crippen molar-refractivity contribution in [1.82, 2.24) is 0 Å². The van der Waals surface area contributed by atoms with E-state index in [9.17, 15) is 0 Å². The van der Waals surface area contributed by atoms with Crippen molar-refractivity contribution in [2.24, 2.45) is 17.3 Å². The van der Waals surface area contributed by atoms with Gasteiger partial charge in [0.25, 0.3) is 0 Å². The van der Waals surface area contributed by atoms with Gasteiger partial charge in [-0.2, -0.15) is 0 Å². The maximum Gasteiger partial charge on any atom is 0.527 e. The molecular formula is C21H34O5Si. The Kier molecular flexibility index (Phi) is 7.11. The van der Waals surface area contributed by atoms with Crippen LogP contribution in [0.1, 0.15) is 38.2 Å². The molecule has 1 aromatic carbocycles. The largest absolute Gasteiger partial charge is 0.527 e. The zero-order valence-corrected chi connectivity index (χ0v) is 18.1. The fraction of sp³-hybridized carbons (Fsp3) is 0.714. The van der Waals surface area contributed by atoms with Crippen LogP contribution in [-0.4, -0.2) is 49.1 Å². The van der Waals surface area contributed by atoms with Gasteiger partial charge >= 0.3 is 8.80 Å². The average molecular weight is 395 g/mol. The van der Waals surface area contributed by atoms with Gasteiger partial charge in [-0.15, -0.1) is 0 Å². The second kappa shape index (κ2) is 9.16. The van der Waals surface area contributed by atoms with Gasteiger partial charge in [0.15, 0.2) is 0 Å². The molecule has 2 saturated carbocycles. The van der Waals surface area contributed by atoms with Crippen LogP contribution in [0.2, 0.25) is 0 Å². The number of hydrogen-bond donors (Lipinski definition) is 0. The van der Waals surface area contributed by atoms with Crippen molar-refractivity contribution in [2.45, 2.75) is 45.3 Å². The van der Waals surface area contributed by atoms with Crippen LogP contribution >= 0.6 is 0 Å². The zero-order valence-electron chi connectivity index (χ0n) is 17.1. The summed E-state index contributed by atoms with van der Waals surface area (Å²) in [7, 11) is 2.24. The highest BCUT2D eigenvalue weighted by molar-refractivity contribution is 6.60. The van der Waals surface area contributed by atoms with Gasteiger partial charge in [0.2, 0.25) is 0 Å². The summed E-state index contributed by atoms with van der Waals surface area (Å²) in [5.41, 5.74) is 1.54. The Morgan fingerprint density at radius 3 is 2.41 bits per heavy atom. The Hall–Kier alpha value is -0.763. The Bertz CT molecular complexity index is 571. The Balaban J connectivity index is 1.50. The second-order valence-corrected chi connectivity index (χ2v) is 10.9. The van der Waals surface area contributed by atoms with Crippen LogP contribution < -0.4 is 0 Å². The van der Waals surface area contributed by atoms with Crippen LogP contribution in [-0.2, 0) is 29.4 Å². The molecule has 2 aliphatic carbocycles. The highest BCUT2D eigenvalue weighted by Gasteiger charge is 2.56. The monoisotopic (exact) mass is 394 g/mol. The lowest BCUT2D eigenvalue weighted by atomic mass is 9.77. The van der Waals surface area contributed by atoms with Crippen LogP contribution in [0, 0.1) is 17.3 Å². The SMILES string of the molecule is CO[Si](COC1CC2CCC1C2(C)CCOCc1ccccc1)(OC)OC. The van der Waals surface area contributed by atoms with Crippen molar-refractivity contribution < 1.29 is 22.8 Å². The average Bonchev–Trinajstić information content (AvgIpc) is 3.17. The molecule has 6 heteroatoms. The summed E-state index contributed by atoms with van der Waals surface area (Å²) in [6, 6.07) is 10.4. The van der Waals surface area contributed by atoms with Crippen molar-refractivity contribution in [2.75, 3.05) is 34.2 Å². The van der Waals surface area contributed by atoms with Gasteiger partial charge in [0.05, 0.1) is 12.7 Å². The molecule has 152 valence electrons. The molecule has 0 saturated heterocycles. The van der Waals surface area contributed by atoms with Crippen molar-refractivity contribution in [1.29, 1.82) is 0 Å². The normalized spacial score (nSPS) is 30.1. The molecule has 5 nitrogen and oxygen atoms in total. The number of rotatable bonds is 11. The molecule has 2 aliphatic rings. The predicted molar refractivity (Wildman–Crippen MR) is 106 cm³/mol. The van der Waals surface area contributed by atoms with Crippen LogP contribution in [0.3, 0.4) is 0 Å². The fourth-order valence-corrected chi connectivity index (χ4v) is 6.32. The lowest BCUT2D eigenvalue weighted by Crippen LogP contribution is -2.49. The summed E-state index contributed by atoms with van der Waals surface area (Å²) in [5, 5.41) is 0. The lowest BCUT2D eigenvalue weighted by molar-refractivity contribution is -0.0117. The summed E-state index contributed by atoms with van der Waals surface area (Å²) >= 11 is 0. The molecule has 0 spiro atoms. The number of hydrogen-bond acceptors (Lipinski definition) is 5. The quantitative estimate of drug-likeness (QED) is 0.422. The minimum atomic E-state index is -2.67. The van der Waals surface area contributed by atoms with E-state index >= 15 is 0 Å². The number of benzene rings is 1. The minimum absolute atomic E-state index is 0.273. The van der Waals surface area contributed by atoms with E-state index in [0.717, 1.165) is 25.4 Å². The molecule has 27 heavy (non-hydrogen) atoms. The van der Waals surface area contributed by atoms with Gasteiger partial charge in [0.1, 0.15) is 6.23 Å². The maximum absolute atomic E-state index is 6.29. The van der Waals surface area contributed by atoms with E-state index in [1.807, 2.05) is 6.07 Å². The molecule has 2 bridgehead atoms. The number of fused-ring (bicyclic) bond motifs is 2. The van der Waals surface area contributed by atoms with Gasteiger partial charge in [-0.05, 0) is 48.5 Å². The topological polar surface area (TPSA) is 46.2 Å². The van der Waals surface area contributed by atoms with Crippen molar-refractivity contribution in [3.8, 4) is 0 Å². The van der Waals surface area contributed by atoms with Crippen molar-refractivity contribution in [3.63, 3.8) is 0 Å². The van der Waals surface area contributed by atoms with Gasteiger partial charge in [-0.1, -0.05) is 37.3 Å². The first-order chi connectivity index (χ1) is 13.1. The third-order valence-electron chi connectivity index (χ3n) is 6.88. The molecule has 4 atom stereocenters. The van der Waals surface area contributed by atoms with Crippen LogP contribution in [0.15, 0.2) is 30.3 Å². The highest BCUT2D eigenvalue weighted by atomic mass is 28.4. The van der Waals surface area contributed by atoms with Crippen LogP contribution in [0.25, 0.3) is 0 Å². The molecule has 0 N–H and O–H groups in total. The van der Waals surface area contributed by atoms with Crippen molar-refractivity contribution in [3.05, 3.63) is 35.9 Å². The predicted octanol–water partition coefficient (Wildman–Crippen LogP) is 3.83. The summed E-state index contributed by atoms with van der Waals surface area (Å²) in [6.45, 7) is 3.92. The van der Waals surface area contributed by atoms with Crippen LogP contribution in [0.4, 0.5) is 0 Å². The van der Waals surface area contributed by atoms with E-state index in [0.29, 0.717) is 24.2 Å². The van der Waals surface area contributed by atoms with Gasteiger partial charge in [0, 0.05) is 27.9 Å².